The van der Waals surface area contributed by atoms with Crippen molar-refractivity contribution in [2.75, 3.05) is 19.9 Å². The van der Waals surface area contributed by atoms with E-state index in [1.807, 2.05) is 65.6 Å². The first kappa shape index (κ1) is 43.0. The van der Waals surface area contributed by atoms with Gasteiger partial charge in [0.2, 0.25) is 17.7 Å². The molecule has 0 spiro atoms. The van der Waals surface area contributed by atoms with Crippen molar-refractivity contribution in [3.8, 4) is 22.4 Å². The van der Waals surface area contributed by atoms with E-state index in [4.69, 9.17) is 14.7 Å². The number of benzene rings is 3. The van der Waals surface area contributed by atoms with Gasteiger partial charge in [0, 0.05) is 17.6 Å². The molecule has 14 nitrogen and oxygen atoms in total. The van der Waals surface area contributed by atoms with Crippen LogP contribution in [0.1, 0.15) is 72.2 Å². The molecule has 2 aromatic heterocycles. The summed E-state index contributed by atoms with van der Waals surface area (Å²) in [7, 11) is -0.461. The largest absolute Gasteiger partial charge is 0.453 e. The zero-order valence-electron chi connectivity index (χ0n) is 35.7. The van der Waals surface area contributed by atoms with Gasteiger partial charge in [0.15, 0.2) is 0 Å². The first-order valence-electron chi connectivity index (χ1n) is 20.4. The number of hydrogen-bond donors (Lipinski definition) is 5. The molecule has 1 aliphatic heterocycles. The van der Waals surface area contributed by atoms with E-state index in [1.54, 1.807) is 4.90 Å². The number of aromatic amines is 2. The molecule has 15 heteroatoms. The number of hydrogen-bond acceptors (Lipinski definition) is 8. The van der Waals surface area contributed by atoms with E-state index in [9.17, 15) is 24.3 Å². The SMILES string of the molecule is COC(=O)NC(C(=O)N1C[Si](C)(C)CC1c1ncc(-c2ccc(-c3ccc4c(ccc5nc([C@H](C)N(C(=O)C(NC(=O)CO)C(C)C)C(C)C)[nH]c54)c3)cc2)[nH]1)C(C)C. The molecule has 1 fully saturated rings. The van der Waals surface area contributed by atoms with Gasteiger partial charge in [0.1, 0.15) is 30.3 Å². The van der Waals surface area contributed by atoms with Crippen molar-refractivity contribution in [1.29, 1.82) is 0 Å². The Morgan fingerprint density at radius 3 is 2.19 bits per heavy atom. The summed E-state index contributed by atoms with van der Waals surface area (Å²) in [4.78, 5) is 72.2. The van der Waals surface area contributed by atoms with Gasteiger partial charge in [-0.05, 0) is 72.9 Å². The Bertz CT molecular complexity index is 2330. The van der Waals surface area contributed by atoms with Crippen LogP contribution in [0.3, 0.4) is 0 Å². The molecule has 0 saturated carbocycles. The molecular formula is C44H58N8O6Si. The molecule has 0 bridgehead atoms. The number of amides is 4. The van der Waals surface area contributed by atoms with Gasteiger partial charge in [0.05, 0.1) is 50.2 Å². The standard InChI is InChI=1S/C44H58N8O6Si/c1-24(2)37(50-44(57)58-8)42(55)51-23-59(9,10)22-35(51)41-45-20-34(47-41)29-13-11-28(12-14-29)30-15-17-32-31(19-30)16-18-33-39(32)49-40(46-33)27(7)52(26(5)6)43(56)38(25(3)4)48-36(54)21-53/h11-20,24-27,35,37-38,53H,21-23H2,1-10H3,(H,45,47)(H,46,49)(H,48,54)(H,50,57)/t27-,35?,37?,38?/m0/s1. The molecule has 5 aromatic rings. The van der Waals surface area contributed by atoms with Gasteiger partial charge >= 0.3 is 6.09 Å². The summed E-state index contributed by atoms with van der Waals surface area (Å²) in [6.07, 6.45) is 1.87. The van der Waals surface area contributed by atoms with Crippen LogP contribution in [-0.2, 0) is 19.1 Å². The fourth-order valence-electron chi connectivity index (χ4n) is 8.24. The number of imidazole rings is 2. The molecule has 59 heavy (non-hydrogen) atoms. The summed E-state index contributed by atoms with van der Waals surface area (Å²) in [5.41, 5.74) is 5.59. The van der Waals surface area contributed by atoms with Crippen LogP contribution in [0.2, 0.25) is 19.1 Å². The molecule has 6 rings (SSSR count). The highest BCUT2D eigenvalue weighted by Crippen LogP contribution is 2.38. The molecule has 1 saturated heterocycles. The number of nitrogens with zero attached hydrogens (tertiary/aromatic N) is 4. The minimum atomic E-state index is -1.76. The predicted molar refractivity (Wildman–Crippen MR) is 232 cm³/mol. The third kappa shape index (κ3) is 9.05. The Morgan fingerprint density at radius 2 is 1.56 bits per heavy atom. The number of aliphatic hydroxyl groups excluding tert-OH is 1. The Labute approximate surface area is 346 Å². The normalized spacial score (nSPS) is 16.8. The Kier molecular flexibility index (Phi) is 12.7. The molecular weight excluding hydrogens is 765 g/mol. The van der Waals surface area contributed by atoms with Crippen molar-refractivity contribution >= 4 is 53.7 Å². The Hall–Kier alpha value is -5.54. The number of alkyl carbamates (subject to hydrolysis) is 1. The minimum absolute atomic E-state index is 0.117. The lowest BCUT2D eigenvalue weighted by atomic mass is 9.99. The summed E-state index contributed by atoms with van der Waals surface area (Å²) in [6, 6.07) is 17.2. The summed E-state index contributed by atoms with van der Waals surface area (Å²) < 4.78 is 4.81. The number of H-pyrrole nitrogens is 2. The minimum Gasteiger partial charge on any atom is -0.453 e. The van der Waals surface area contributed by atoms with E-state index < -0.39 is 44.8 Å². The van der Waals surface area contributed by atoms with E-state index in [0.717, 1.165) is 56.1 Å². The average molecular weight is 823 g/mol. The highest BCUT2D eigenvalue weighted by atomic mass is 28.3. The maximum absolute atomic E-state index is 13.9. The zero-order chi connectivity index (χ0) is 42.9. The molecule has 0 radical (unpaired) electrons. The lowest BCUT2D eigenvalue weighted by Crippen LogP contribution is -2.54. The number of methoxy groups -OCH3 is 1. The van der Waals surface area contributed by atoms with Gasteiger partial charge in [-0.15, -0.1) is 0 Å². The highest BCUT2D eigenvalue weighted by Gasteiger charge is 2.46. The van der Waals surface area contributed by atoms with Crippen molar-refractivity contribution < 1.29 is 29.0 Å². The van der Waals surface area contributed by atoms with Crippen LogP contribution in [0.25, 0.3) is 44.2 Å². The molecule has 0 aliphatic carbocycles. The van der Waals surface area contributed by atoms with E-state index in [0.29, 0.717) is 12.0 Å². The fourth-order valence-corrected chi connectivity index (χ4v) is 11.1. The van der Waals surface area contributed by atoms with Crippen LogP contribution in [-0.4, -0.2) is 105 Å². The molecule has 3 aromatic carbocycles. The number of rotatable bonds is 13. The van der Waals surface area contributed by atoms with E-state index in [1.165, 1.54) is 7.11 Å². The zero-order valence-corrected chi connectivity index (χ0v) is 36.7. The molecule has 1 aliphatic rings. The van der Waals surface area contributed by atoms with E-state index >= 15 is 0 Å². The molecule has 4 amide bonds. The number of carbonyl (C=O) groups excluding carboxylic acids is 4. The average Bonchev–Trinajstić information content (AvgIpc) is 3.95. The molecule has 5 N–H and O–H groups in total. The van der Waals surface area contributed by atoms with Crippen molar-refractivity contribution in [3.05, 3.63) is 72.4 Å². The van der Waals surface area contributed by atoms with Crippen LogP contribution in [0.4, 0.5) is 4.79 Å². The lowest BCUT2D eigenvalue weighted by Gasteiger charge is -2.36. The second kappa shape index (κ2) is 17.4. The number of nitrogens with one attached hydrogen (secondary N) is 4. The van der Waals surface area contributed by atoms with Gasteiger partial charge in [-0.2, -0.15) is 0 Å². The first-order chi connectivity index (χ1) is 27.9. The monoisotopic (exact) mass is 822 g/mol. The summed E-state index contributed by atoms with van der Waals surface area (Å²) in [5, 5.41) is 16.8. The third-order valence-electron chi connectivity index (χ3n) is 11.3. The Morgan fingerprint density at radius 1 is 0.898 bits per heavy atom. The predicted octanol–water partition coefficient (Wildman–Crippen LogP) is 6.72. The van der Waals surface area contributed by atoms with Crippen LogP contribution < -0.4 is 10.6 Å². The summed E-state index contributed by atoms with van der Waals surface area (Å²) in [5.74, 6) is 0.132. The number of aliphatic hydroxyl groups is 1. The van der Waals surface area contributed by atoms with Crippen LogP contribution >= 0.6 is 0 Å². The van der Waals surface area contributed by atoms with Crippen LogP contribution in [0.15, 0.2) is 60.8 Å². The van der Waals surface area contributed by atoms with E-state index in [2.05, 4.69) is 82.2 Å². The second-order valence-corrected chi connectivity index (χ2v) is 22.5. The second-order valence-electron chi connectivity index (χ2n) is 17.4. The van der Waals surface area contributed by atoms with Gasteiger partial charge in [-0.3, -0.25) is 14.4 Å². The maximum Gasteiger partial charge on any atom is 0.407 e. The van der Waals surface area contributed by atoms with Crippen molar-refractivity contribution in [3.63, 3.8) is 0 Å². The number of carbonyl (C=O) groups is 4. The first-order valence-corrected chi connectivity index (χ1v) is 23.8. The van der Waals surface area contributed by atoms with Crippen LogP contribution in [0.5, 0.6) is 0 Å². The number of aromatic nitrogens is 4. The van der Waals surface area contributed by atoms with Gasteiger partial charge in [-0.25, -0.2) is 14.8 Å². The maximum atomic E-state index is 13.9. The summed E-state index contributed by atoms with van der Waals surface area (Å²) >= 11 is 0. The fraction of sp³-hybridized carbons (Fsp3) is 0.455. The molecule has 4 atom stereocenters. The lowest BCUT2D eigenvalue weighted by molar-refractivity contribution is -0.142. The van der Waals surface area contributed by atoms with Gasteiger partial charge in [-0.1, -0.05) is 83.3 Å². The third-order valence-corrected chi connectivity index (χ3v) is 14.0. The molecule has 314 valence electrons. The van der Waals surface area contributed by atoms with Crippen molar-refractivity contribution in [1.82, 2.24) is 40.4 Å². The topological polar surface area (TPSA) is 186 Å². The quantitative estimate of drug-likeness (QED) is 0.0811. The Balaban J connectivity index is 1.21. The summed E-state index contributed by atoms with van der Waals surface area (Å²) in [6.45, 7) is 17.2. The van der Waals surface area contributed by atoms with Crippen molar-refractivity contribution in [2.45, 2.75) is 97.8 Å². The van der Waals surface area contributed by atoms with E-state index in [-0.39, 0.29) is 35.7 Å². The highest BCUT2D eigenvalue weighted by molar-refractivity contribution is 6.78. The molecule has 3 unspecified atom stereocenters. The van der Waals surface area contributed by atoms with Gasteiger partial charge < -0.3 is 40.2 Å². The van der Waals surface area contributed by atoms with Crippen molar-refractivity contribution in [2.24, 2.45) is 11.8 Å². The number of ether oxygens (including phenoxy) is 1. The number of fused-ring (bicyclic) bond motifs is 3. The van der Waals surface area contributed by atoms with Crippen LogP contribution in [0, 0.1) is 11.8 Å². The smallest absolute Gasteiger partial charge is 0.407 e. The molecule has 3 heterocycles. The van der Waals surface area contributed by atoms with Gasteiger partial charge in [0.25, 0.3) is 0 Å².